The second-order valence-corrected chi connectivity index (χ2v) is 7.17. The lowest BCUT2D eigenvalue weighted by Gasteiger charge is -2.23. The van der Waals surface area contributed by atoms with E-state index >= 15 is 0 Å². The molecule has 0 saturated carbocycles. The third-order valence-corrected chi connectivity index (χ3v) is 5.12. The normalized spacial score (nSPS) is 17.2. The van der Waals surface area contributed by atoms with E-state index in [2.05, 4.69) is 0 Å². The molecule has 2 aromatic rings. The summed E-state index contributed by atoms with van der Waals surface area (Å²) < 4.78 is 0.241. The summed E-state index contributed by atoms with van der Waals surface area (Å²) in [6.07, 6.45) is 5.30. The van der Waals surface area contributed by atoms with Crippen LogP contribution < -0.4 is 0 Å². The van der Waals surface area contributed by atoms with Crippen LogP contribution in [-0.4, -0.2) is 26.2 Å². The Kier molecular flexibility index (Phi) is 5.65. The molecule has 1 heterocycles. The van der Waals surface area contributed by atoms with E-state index in [-0.39, 0.29) is 4.32 Å². The topological polar surface area (TPSA) is 57.6 Å². The summed E-state index contributed by atoms with van der Waals surface area (Å²) in [4.78, 5) is 26.1. The summed E-state index contributed by atoms with van der Waals surface area (Å²) in [5, 5.41) is 9.64. The van der Waals surface area contributed by atoms with E-state index in [4.69, 9.17) is 12.2 Å². The number of amides is 1. The fraction of sp³-hybridized carbons (Fsp3) is 0.0500. The number of carbonyl (C=O) groups is 2. The number of carboxylic acid groups (broad SMARTS) is 1. The van der Waals surface area contributed by atoms with Gasteiger partial charge in [-0.15, -0.1) is 0 Å². The summed E-state index contributed by atoms with van der Waals surface area (Å²) in [5.74, 6) is -1.51. The molecular weight excluding hydrogens is 366 g/mol. The van der Waals surface area contributed by atoms with Gasteiger partial charge in [-0.25, -0.2) is 4.79 Å². The van der Waals surface area contributed by atoms with E-state index in [0.717, 1.165) is 17.3 Å². The summed E-state index contributed by atoms with van der Waals surface area (Å²) >= 11 is 6.39. The molecule has 1 atom stereocenters. The summed E-state index contributed by atoms with van der Waals surface area (Å²) in [5.41, 5.74) is 1.52. The van der Waals surface area contributed by atoms with Gasteiger partial charge < -0.3 is 5.11 Å². The fourth-order valence-corrected chi connectivity index (χ4v) is 3.83. The van der Waals surface area contributed by atoms with Crippen LogP contribution in [0.4, 0.5) is 0 Å². The van der Waals surface area contributed by atoms with E-state index in [1.54, 1.807) is 42.5 Å². The van der Waals surface area contributed by atoms with Crippen molar-refractivity contribution < 1.29 is 14.7 Å². The first-order valence-corrected chi connectivity index (χ1v) is 9.07. The van der Waals surface area contributed by atoms with Gasteiger partial charge in [0.2, 0.25) is 0 Å². The van der Waals surface area contributed by atoms with Crippen molar-refractivity contribution in [2.75, 3.05) is 0 Å². The quantitative estimate of drug-likeness (QED) is 0.619. The molecule has 0 spiro atoms. The Morgan fingerprint density at radius 3 is 2.31 bits per heavy atom. The van der Waals surface area contributed by atoms with E-state index in [9.17, 15) is 14.7 Å². The first-order chi connectivity index (χ1) is 12.6. The lowest BCUT2D eigenvalue weighted by molar-refractivity contribution is -0.145. The molecule has 6 heteroatoms. The Morgan fingerprint density at radius 2 is 1.69 bits per heavy atom. The average Bonchev–Trinajstić information content (AvgIpc) is 2.91. The van der Waals surface area contributed by atoms with Gasteiger partial charge in [-0.05, 0) is 17.2 Å². The molecule has 0 aromatic heterocycles. The van der Waals surface area contributed by atoms with Crippen molar-refractivity contribution in [1.29, 1.82) is 0 Å². The van der Waals surface area contributed by atoms with Crippen LogP contribution in [0.5, 0.6) is 0 Å². The highest BCUT2D eigenvalue weighted by Gasteiger charge is 2.41. The van der Waals surface area contributed by atoms with Crippen molar-refractivity contribution >= 4 is 46.3 Å². The van der Waals surface area contributed by atoms with Gasteiger partial charge in [0, 0.05) is 0 Å². The number of allylic oxidation sites excluding steroid dienone is 2. The molecule has 1 saturated heterocycles. The molecule has 1 aliphatic rings. The zero-order valence-corrected chi connectivity index (χ0v) is 15.2. The third kappa shape index (κ3) is 3.92. The van der Waals surface area contributed by atoms with Crippen LogP contribution in [0.1, 0.15) is 17.2 Å². The number of hydrogen-bond acceptors (Lipinski definition) is 4. The first kappa shape index (κ1) is 18.1. The number of aliphatic carboxylic acids is 1. The molecule has 26 heavy (non-hydrogen) atoms. The van der Waals surface area contributed by atoms with Crippen LogP contribution in [0.3, 0.4) is 0 Å². The molecule has 0 aliphatic carbocycles. The zero-order valence-electron chi connectivity index (χ0n) is 13.6. The maximum absolute atomic E-state index is 12.7. The highest BCUT2D eigenvalue weighted by atomic mass is 32.2. The Morgan fingerprint density at radius 1 is 1.08 bits per heavy atom. The lowest BCUT2D eigenvalue weighted by atomic mass is 10.1. The minimum absolute atomic E-state index is 0.241. The molecule has 2 aromatic carbocycles. The zero-order chi connectivity index (χ0) is 18.5. The van der Waals surface area contributed by atoms with Crippen LogP contribution in [0.2, 0.25) is 0 Å². The number of carboxylic acids is 1. The second kappa shape index (κ2) is 8.12. The predicted octanol–water partition coefficient (Wildman–Crippen LogP) is 4.27. The second-order valence-electron chi connectivity index (χ2n) is 5.50. The van der Waals surface area contributed by atoms with Gasteiger partial charge in [-0.3, -0.25) is 9.69 Å². The van der Waals surface area contributed by atoms with Crippen LogP contribution in [0, 0.1) is 0 Å². The van der Waals surface area contributed by atoms with Crippen LogP contribution in [0.15, 0.2) is 77.7 Å². The highest BCUT2D eigenvalue weighted by Crippen LogP contribution is 2.37. The van der Waals surface area contributed by atoms with Crippen LogP contribution in [-0.2, 0) is 9.59 Å². The lowest BCUT2D eigenvalue weighted by Crippen LogP contribution is -2.37. The smallest absolute Gasteiger partial charge is 0.331 e. The summed E-state index contributed by atoms with van der Waals surface area (Å²) in [7, 11) is 0. The van der Waals surface area contributed by atoms with Gasteiger partial charge in [0.15, 0.2) is 6.04 Å². The first-order valence-electron chi connectivity index (χ1n) is 7.84. The maximum Gasteiger partial charge on any atom is 0.331 e. The molecule has 1 N–H and O–H groups in total. The maximum atomic E-state index is 12.7. The Balaban J connectivity index is 1.85. The number of benzene rings is 2. The van der Waals surface area contributed by atoms with E-state index in [0.29, 0.717) is 10.5 Å². The number of nitrogens with zero attached hydrogens (tertiary/aromatic N) is 1. The van der Waals surface area contributed by atoms with Crippen molar-refractivity contribution in [1.82, 2.24) is 4.90 Å². The van der Waals surface area contributed by atoms with Gasteiger partial charge >= 0.3 is 5.97 Å². The predicted molar refractivity (Wildman–Crippen MR) is 107 cm³/mol. The minimum Gasteiger partial charge on any atom is -0.479 e. The number of thioether (sulfide) groups is 1. The van der Waals surface area contributed by atoms with Crippen LogP contribution in [0.25, 0.3) is 6.08 Å². The summed E-state index contributed by atoms with van der Waals surface area (Å²) in [6, 6.07) is 17.2. The van der Waals surface area contributed by atoms with Crippen LogP contribution >= 0.6 is 24.0 Å². The van der Waals surface area contributed by atoms with Gasteiger partial charge in [-0.1, -0.05) is 96.8 Å². The van der Waals surface area contributed by atoms with Gasteiger partial charge in [0.1, 0.15) is 4.32 Å². The minimum atomic E-state index is -1.13. The molecule has 0 radical (unpaired) electrons. The van der Waals surface area contributed by atoms with E-state index < -0.39 is 17.9 Å². The molecule has 0 bridgehead atoms. The summed E-state index contributed by atoms with van der Waals surface area (Å²) in [6.45, 7) is 0. The molecule has 4 nitrogen and oxygen atoms in total. The Labute approximate surface area is 160 Å². The van der Waals surface area contributed by atoms with Crippen molar-refractivity contribution in [3.05, 3.63) is 88.8 Å². The fourth-order valence-electron chi connectivity index (χ4n) is 2.56. The van der Waals surface area contributed by atoms with Gasteiger partial charge in [0.25, 0.3) is 5.91 Å². The molecule has 3 rings (SSSR count). The van der Waals surface area contributed by atoms with E-state index in [1.807, 2.05) is 36.4 Å². The standard InChI is InChI=1S/C20H15NO3S2/c22-18-16(13-7-10-14-8-3-1-4-9-14)26-20(25)21(18)17(19(23)24)15-11-5-2-6-12-15/h1-13,17H,(H,23,24)/b10-7+,16-13-. The molecule has 1 amide bonds. The van der Waals surface area contributed by atoms with Crippen molar-refractivity contribution in [3.8, 4) is 0 Å². The number of rotatable bonds is 5. The average molecular weight is 381 g/mol. The molecule has 1 aliphatic heterocycles. The van der Waals surface area contributed by atoms with E-state index in [1.165, 1.54) is 4.90 Å². The molecule has 130 valence electrons. The Bertz CT molecular complexity index is 892. The van der Waals surface area contributed by atoms with Gasteiger partial charge in [0.05, 0.1) is 4.91 Å². The molecule has 1 fully saturated rings. The van der Waals surface area contributed by atoms with Crippen molar-refractivity contribution in [2.24, 2.45) is 0 Å². The number of thiocarbonyl (C=S) groups is 1. The van der Waals surface area contributed by atoms with Crippen molar-refractivity contribution in [3.63, 3.8) is 0 Å². The monoisotopic (exact) mass is 381 g/mol. The molecular formula is C20H15NO3S2. The largest absolute Gasteiger partial charge is 0.479 e. The Hall–Kier alpha value is -2.70. The SMILES string of the molecule is O=C(O)C(c1ccccc1)N1C(=O)/C(=C/C=C/c2ccccc2)SC1=S. The molecule has 1 unspecified atom stereocenters. The highest BCUT2D eigenvalue weighted by molar-refractivity contribution is 8.26. The van der Waals surface area contributed by atoms with Gasteiger partial charge in [-0.2, -0.15) is 0 Å². The van der Waals surface area contributed by atoms with Crippen molar-refractivity contribution in [2.45, 2.75) is 6.04 Å². The number of carbonyl (C=O) groups excluding carboxylic acids is 1. The number of hydrogen-bond donors (Lipinski definition) is 1. The third-order valence-electron chi connectivity index (χ3n) is 3.77.